The van der Waals surface area contributed by atoms with Gasteiger partial charge in [-0.15, -0.1) is 5.11 Å². The van der Waals surface area contributed by atoms with E-state index in [4.69, 9.17) is 4.74 Å². The standard InChI is InChI=1S/C36H51N5O6S2/c1-10-12-13-28(11-2)47-33(44)21-37-49(45,46)29-16-17-31-30(20-29)38-34(48-31)39-40-41(32(43)19-25(4)42)22-26-14-15-27(18-24(26)3)36(8,9)23-35(5,6)7/h14-20,28,37,42H,10-13,21-23H2,1-9H3/b25-19-,40-39?. The van der Waals surface area contributed by atoms with Gasteiger partial charge in [0.1, 0.15) is 12.6 Å². The van der Waals surface area contributed by atoms with Crippen LogP contribution in [0.2, 0.25) is 0 Å². The van der Waals surface area contributed by atoms with E-state index < -0.39 is 28.4 Å². The second-order valence-corrected chi connectivity index (χ2v) is 17.0. The van der Waals surface area contributed by atoms with Crippen molar-refractivity contribution in [3.8, 4) is 0 Å². The van der Waals surface area contributed by atoms with Crippen molar-refractivity contribution in [2.75, 3.05) is 6.54 Å². The summed E-state index contributed by atoms with van der Waals surface area (Å²) in [5.74, 6) is -1.36. The smallest absolute Gasteiger partial charge is 0.321 e. The Morgan fingerprint density at radius 2 is 1.84 bits per heavy atom. The van der Waals surface area contributed by atoms with Gasteiger partial charge >= 0.3 is 5.97 Å². The number of nitrogens with zero attached hydrogens (tertiary/aromatic N) is 4. The number of aryl methyl sites for hydroxylation is 1. The van der Waals surface area contributed by atoms with Crippen LogP contribution in [0.15, 0.2) is 63.5 Å². The highest BCUT2D eigenvalue weighted by Crippen LogP contribution is 2.37. The zero-order chi connectivity index (χ0) is 36.6. The maximum atomic E-state index is 13.0. The van der Waals surface area contributed by atoms with Crippen LogP contribution in [0.4, 0.5) is 5.13 Å². The van der Waals surface area contributed by atoms with Gasteiger partial charge in [-0.1, -0.05) is 96.1 Å². The number of amides is 1. The molecule has 0 aliphatic heterocycles. The summed E-state index contributed by atoms with van der Waals surface area (Å²) >= 11 is 1.17. The molecule has 1 heterocycles. The van der Waals surface area contributed by atoms with Gasteiger partial charge in [0.05, 0.1) is 27.4 Å². The highest BCUT2D eigenvalue weighted by atomic mass is 32.2. The lowest BCUT2D eigenvalue weighted by Crippen LogP contribution is -2.32. The van der Waals surface area contributed by atoms with Crippen LogP contribution in [-0.2, 0) is 36.3 Å². The molecule has 2 N–H and O–H groups in total. The van der Waals surface area contributed by atoms with Gasteiger partial charge in [0.15, 0.2) is 0 Å². The van der Waals surface area contributed by atoms with Gasteiger partial charge < -0.3 is 9.84 Å². The number of hydrogen-bond acceptors (Lipinski definition) is 10. The zero-order valence-corrected chi connectivity index (χ0v) is 31.8. The van der Waals surface area contributed by atoms with E-state index in [1.165, 1.54) is 36.0 Å². The fourth-order valence-corrected chi connectivity index (χ4v) is 7.48. The van der Waals surface area contributed by atoms with Gasteiger partial charge in [-0.3, -0.25) is 9.59 Å². The monoisotopic (exact) mass is 713 g/mol. The number of unbranched alkanes of at least 4 members (excludes halogenated alkanes) is 1. The second kappa shape index (κ2) is 16.8. The maximum absolute atomic E-state index is 13.0. The summed E-state index contributed by atoms with van der Waals surface area (Å²) in [6.07, 6.45) is 5.11. The van der Waals surface area contributed by atoms with Crippen molar-refractivity contribution >= 4 is 48.6 Å². The Kier molecular flexibility index (Phi) is 13.6. The first kappa shape index (κ1) is 39.8. The molecule has 1 amide bonds. The molecule has 0 fully saturated rings. The third kappa shape index (κ3) is 12.0. The lowest BCUT2D eigenvalue weighted by Gasteiger charge is -2.33. The van der Waals surface area contributed by atoms with Gasteiger partial charge in [-0.2, -0.15) is 4.72 Å². The Morgan fingerprint density at radius 3 is 2.45 bits per heavy atom. The van der Waals surface area contributed by atoms with E-state index in [2.05, 4.69) is 73.7 Å². The SMILES string of the molecule is CCCCC(CC)OC(=O)CNS(=O)(=O)c1ccc2sc(N=NN(Cc3ccc(C(C)(C)CC(C)(C)C)cc3C)C(=O)/C=C(/C)O)nc2c1. The second-order valence-electron chi connectivity index (χ2n) is 14.2. The number of sulfonamides is 1. The fourth-order valence-electron chi connectivity index (χ4n) is 5.73. The molecule has 0 bridgehead atoms. The summed E-state index contributed by atoms with van der Waals surface area (Å²) in [6, 6.07) is 10.6. The Morgan fingerprint density at radius 1 is 1.12 bits per heavy atom. The topological polar surface area (TPSA) is 151 Å². The molecule has 2 aromatic carbocycles. The number of benzene rings is 2. The van der Waals surface area contributed by atoms with E-state index in [1.54, 1.807) is 6.07 Å². The molecular weight excluding hydrogens is 663 g/mol. The number of aromatic nitrogens is 1. The number of aliphatic hydroxyl groups is 1. The van der Waals surface area contributed by atoms with Crippen LogP contribution in [0.25, 0.3) is 10.2 Å². The number of carbonyl (C=O) groups is 2. The predicted octanol–water partition coefficient (Wildman–Crippen LogP) is 8.60. The van der Waals surface area contributed by atoms with Crippen LogP contribution in [0.3, 0.4) is 0 Å². The molecule has 0 aliphatic carbocycles. The van der Waals surface area contributed by atoms with E-state index in [-0.39, 0.29) is 39.3 Å². The fraction of sp³-hybridized carbons (Fsp3) is 0.528. The van der Waals surface area contributed by atoms with Gasteiger partial charge in [0, 0.05) is 6.08 Å². The molecule has 49 heavy (non-hydrogen) atoms. The average Bonchev–Trinajstić information content (AvgIpc) is 3.41. The summed E-state index contributed by atoms with van der Waals surface area (Å²) in [7, 11) is -4.03. The Bertz CT molecular complexity index is 1790. The Balaban J connectivity index is 1.79. The molecule has 0 saturated heterocycles. The van der Waals surface area contributed by atoms with Crippen molar-refractivity contribution in [2.45, 2.75) is 117 Å². The minimum absolute atomic E-state index is 0.0480. The van der Waals surface area contributed by atoms with Crippen LogP contribution in [-0.4, -0.2) is 48.0 Å². The van der Waals surface area contributed by atoms with Crippen molar-refractivity contribution in [2.24, 2.45) is 15.8 Å². The van der Waals surface area contributed by atoms with Gasteiger partial charge in [0.2, 0.25) is 15.2 Å². The Hall–Kier alpha value is -3.68. The summed E-state index contributed by atoms with van der Waals surface area (Å²) < 4.78 is 34.3. The first-order chi connectivity index (χ1) is 22.8. The maximum Gasteiger partial charge on any atom is 0.321 e. The van der Waals surface area contributed by atoms with Crippen molar-refractivity contribution in [3.63, 3.8) is 0 Å². The molecule has 0 radical (unpaired) electrons. The van der Waals surface area contributed by atoms with Crippen LogP contribution < -0.4 is 4.72 Å². The lowest BCUT2D eigenvalue weighted by atomic mass is 9.72. The number of rotatable bonds is 16. The molecule has 3 aromatic rings. The number of thiazole rings is 1. The molecule has 1 aromatic heterocycles. The summed E-state index contributed by atoms with van der Waals surface area (Å²) in [4.78, 5) is 29.7. The molecular formula is C36H51N5O6S2. The minimum atomic E-state index is -4.03. The van der Waals surface area contributed by atoms with Crippen LogP contribution in [0.1, 0.15) is 104 Å². The number of hydrogen-bond donors (Lipinski definition) is 2. The Labute approximate surface area is 294 Å². The molecule has 268 valence electrons. The summed E-state index contributed by atoms with van der Waals surface area (Å²) in [6.45, 7) is 18.1. The molecule has 3 rings (SSSR count). The number of nitrogens with one attached hydrogen (secondary N) is 1. The van der Waals surface area contributed by atoms with Gasteiger partial charge in [0.25, 0.3) is 5.91 Å². The molecule has 0 saturated carbocycles. The van der Waals surface area contributed by atoms with Gasteiger partial charge in [-0.25, -0.2) is 18.4 Å². The first-order valence-electron chi connectivity index (χ1n) is 16.6. The van der Waals surface area contributed by atoms with Crippen molar-refractivity contribution in [1.82, 2.24) is 14.7 Å². The van der Waals surface area contributed by atoms with Gasteiger partial charge in [-0.05, 0) is 78.8 Å². The normalized spacial score (nSPS) is 13.6. The van der Waals surface area contributed by atoms with E-state index in [0.29, 0.717) is 16.6 Å². The summed E-state index contributed by atoms with van der Waals surface area (Å²) in [5, 5.41) is 19.5. The van der Waals surface area contributed by atoms with Crippen LogP contribution >= 0.6 is 11.3 Å². The molecule has 0 spiro atoms. The highest BCUT2D eigenvalue weighted by Gasteiger charge is 2.28. The average molecular weight is 714 g/mol. The van der Waals surface area contributed by atoms with Crippen molar-refractivity contribution in [1.29, 1.82) is 0 Å². The molecule has 1 atom stereocenters. The van der Waals surface area contributed by atoms with Crippen LogP contribution in [0.5, 0.6) is 0 Å². The third-order valence-electron chi connectivity index (χ3n) is 7.94. The number of aliphatic hydroxyl groups excluding tert-OH is 1. The summed E-state index contributed by atoms with van der Waals surface area (Å²) in [5.41, 5.74) is 3.54. The third-order valence-corrected chi connectivity index (χ3v) is 10.3. The number of allylic oxidation sites excluding steroid dienone is 1. The number of carbonyl (C=O) groups excluding carboxylic acids is 2. The number of fused-ring (bicyclic) bond motifs is 1. The van der Waals surface area contributed by atoms with Crippen molar-refractivity contribution in [3.05, 3.63) is 64.9 Å². The van der Waals surface area contributed by atoms with Crippen molar-refractivity contribution < 1.29 is 27.9 Å². The molecule has 1 unspecified atom stereocenters. The zero-order valence-electron chi connectivity index (χ0n) is 30.2. The molecule has 0 aliphatic rings. The van der Waals surface area contributed by atoms with E-state index in [9.17, 15) is 23.1 Å². The number of ether oxygens (including phenoxy) is 1. The lowest BCUT2D eigenvalue weighted by molar-refractivity contribution is -0.148. The number of esters is 1. The predicted molar refractivity (Wildman–Crippen MR) is 194 cm³/mol. The first-order valence-corrected chi connectivity index (χ1v) is 18.9. The minimum Gasteiger partial charge on any atom is -0.512 e. The van der Waals surface area contributed by atoms with Crippen LogP contribution in [0, 0.1) is 12.3 Å². The van der Waals surface area contributed by atoms with E-state index in [0.717, 1.165) is 47.9 Å². The molecule has 11 nitrogen and oxygen atoms in total. The highest BCUT2D eigenvalue weighted by molar-refractivity contribution is 7.89. The quantitative estimate of drug-likeness (QED) is 0.0496. The largest absolute Gasteiger partial charge is 0.512 e. The van der Waals surface area contributed by atoms with E-state index in [1.807, 2.05) is 19.9 Å². The van der Waals surface area contributed by atoms with E-state index >= 15 is 0 Å². The molecule has 13 heteroatoms.